The van der Waals surface area contributed by atoms with Gasteiger partial charge in [-0.2, -0.15) is 0 Å². The number of benzene rings is 2. The fourth-order valence-corrected chi connectivity index (χ4v) is 12.8. The average Bonchev–Trinajstić information content (AvgIpc) is 3.42. The summed E-state index contributed by atoms with van der Waals surface area (Å²) in [4.78, 5) is 0. The standard InChI is InChI=1S/C13H9.C9H7O.C3H6.2ClH.Zr/c1-3-7-12-10(5-1)9-11-6-2-4-8-13(11)12;1-2-5-8(4-1)9-6-3-7-10-9;1-3-2;;;/h1-9H;3-7H,1H2;1-2H3;2*1H;/q;;;;;+2/p-2. The fraction of sp³-hybridized carbons (Fsp3) is 0.160. The summed E-state index contributed by atoms with van der Waals surface area (Å²) in [5.41, 5.74) is 7.22. The van der Waals surface area contributed by atoms with Crippen molar-refractivity contribution in [2.45, 2.75) is 23.9 Å². The predicted molar refractivity (Wildman–Crippen MR) is 109 cm³/mol. The molecule has 0 fully saturated rings. The second-order valence-corrected chi connectivity index (χ2v) is 15.0. The van der Waals surface area contributed by atoms with Crippen molar-refractivity contribution in [3.63, 3.8) is 0 Å². The molecule has 0 bridgehead atoms. The minimum absolute atomic E-state index is 0. The molecule has 2 aliphatic carbocycles. The minimum Gasteiger partial charge on any atom is -1.00 e. The van der Waals surface area contributed by atoms with E-state index >= 15 is 0 Å². The van der Waals surface area contributed by atoms with Crippen molar-refractivity contribution >= 4 is 8.78 Å². The van der Waals surface area contributed by atoms with Crippen molar-refractivity contribution in [2.75, 3.05) is 0 Å². The van der Waals surface area contributed by atoms with Crippen LogP contribution in [0.15, 0.2) is 86.8 Å². The number of halogens is 2. The second-order valence-electron chi connectivity index (χ2n) is 7.53. The van der Waals surface area contributed by atoms with Crippen LogP contribution in [0.2, 0.25) is 0 Å². The molecule has 0 aliphatic heterocycles. The summed E-state index contributed by atoms with van der Waals surface area (Å²) in [7, 11) is 0. The van der Waals surface area contributed by atoms with Gasteiger partial charge < -0.3 is 24.8 Å². The van der Waals surface area contributed by atoms with Crippen LogP contribution in [-0.4, -0.2) is 3.21 Å². The zero-order valence-electron chi connectivity index (χ0n) is 16.5. The van der Waals surface area contributed by atoms with Crippen molar-refractivity contribution < 1.29 is 50.5 Å². The molecule has 146 valence electrons. The van der Waals surface area contributed by atoms with Gasteiger partial charge in [0.05, 0.1) is 0 Å². The van der Waals surface area contributed by atoms with Gasteiger partial charge in [-0.3, -0.25) is 0 Å². The van der Waals surface area contributed by atoms with Gasteiger partial charge in [-0.05, 0) is 0 Å². The van der Waals surface area contributed by atoms with Crippen LogP contribution in [0.5, 0.6) is 0 Å². The summed E-state index contributed by atoms with van der Waals surface area (Å²) in [6, 6.07) is 22.1. The average molecular weight is 501 g/mol. The maximum absolute atomic E-state index is 5.65. The molecule has 1 heterocycles. The molecule has 0 amide bonds. The quantitative estimate of drug-likeness (QED) is 0.513. The third kappa shape index (κ3) is 3.83. The molecule has 4 heteroatoms. The normalized spacial score (nSPS) is 13.8. The van der Waals surface area contributed by atoms with E-state index in [-0.39, 0.29) is 24.8 Å². The predicted octanol–water partition coefficient (Wildman–Crippen LogP) is 0.559. The van der Waals surface area contributed by atoms with Crippen molar-refractivity contribution in [2.24, 2.45) is 0 Å². The molecule has 0 spiro atoms. The third-order valence-corrected chi connectivity index (χ3v) is 13.8. The molecule has 1 aromatic heterocycles. The Hall–Kier alpha value is -1.47. The van der Waals surface area contributed by atoms with Crippen LogP contribution in [0.25, 0.3) is 16.7 Å². The van der Waals surface area contributed by atoms with Gasteiger partial charge in [-0.1, -0.05) is 0 Å². The molecule has 0 atom stereocenters. The van der Waals surface area contributed by atoms with Gasteiger partial charge in [-0.25, -0.2) is 0 Å². The Bertz CT molecular complexity index is 1070. The molecule has 2 aromatic carbocycles. The topological polar surface area (TPSA) is 13.1 Å². The molecule has 5 rings (SSSR count). The first-order valence-electron chi connectivity index (χ1n) is 9.54. The molecule has 0 N–H and O–H groups in total. The Balaban J connectivity index is 0.00000120. The Labute approximate surface area is 192 Å². The van der Waals surface area contributed by atoms with E-state index in [4.69, 9.17) is 4.42 Å². The number of furan rings is 1. The molecular formula is C25H22Cl2OZr. The monoisotopic (exact) mass is 498 g/mol. The molecule has 3 aromatic rings. The molecule has 0 saturated carbocycles. The summed E-state index contributed by atoms with van der Waals surface area (Å²) < 4.78 is 9.57. The number of hydrogen-bond acceptors (Lipinski definition) is 1. The zero-order chi connectivity index (χ0) is 18.4. The maximum atomic E-state index is 5.65. The van der Waals surface area contributed by atoms with E-state index in [1.807, 2.05) is 6.07 Å². The van der Waals surface area contributed by atoms with Crippen molar-refractivity contribution in [1.82, 2.24) is 0 Å². The molecule has 0 saturated heterocycles. The van der Waals surface area contributed by atoms with Crippen LogP contribution in [0.4, 0.5) is 0 Å². The van der Waals surface area contributed by atoms with Gasteiger partial charge in [0.1, 0.15) is 0 Å². The van der Waals surface area contributed by atoms with Gasteiger partial charge in [0, 0.05) is 0 Å². The fourth-order valence-electron chi connectivity index (χ4n) is 4.59. The van der Waals surface area contributed by atoms with Gasteiger partial charge in [-0.15, -0.1) is 0 Å². The first-order valence-corrected chi connectivity index (χ1v) is 13.4. The van der Waals surface area contributed by atoms with Crippen LogP contribution in [0.3, 0.4) is 0 Å². The van der Waals surface area contributed by atoms with Crippen molar-refractivity contribution in [1.29, 1.82) is 0 Å². The molecule has 2 aliphatic rings. The van der Waals surface area contributed by atoms with Gasteiger partial charge >= 0.3 is 169 Å². The Morgan fingerprint density at radius 3 is 2.03 bits per heavy atom. The first-order chi connectivity index (χ1) is 13.2. The minimum atomic E-state index is -2.07. The second kappa shape index (κ2) is 9.13. The van der Waals surface area contributed by atoms with Crippen LogP contribution in [-0.2, 0) is 21.3 Å². The number of fused-ring (bicyclic) bond motifs is 3. The summed E-state index contributed by atoms with van der Waals surface area (Å²) in [6.45, 7) is 4.73. The third-order valence-electron chi connectivity index (χ3n) is 5.68. The molecular weight excluding hydrogens is 478 g/mol. The van der Waals surface area contributed by atoms with Gasteiger partial charge in [0.15, 0.2) is 0 Å². The number of rotatable bonds is 3. The smallest absolute Gasteiger partial charge is 1.00 e. The van der Waals surface area contributed by atoms with E-state index in [2.05, 4.69) is 80.6 Å². The van der Waals surface area contributed by atoms with Gasteiger partial charge in [0.25, 0.3) is 0 Å². The summed E-state index contributed by atoms with van der Waals surface area (Å²) in [5.74, 6) is 0.994. The largest absolute Gasteiger partial charge is 1.00 e. The zero-order valence-corrected chi connectivity index (χ0v) is 20.4. The SMILES string of the molecule is C[C](C)=[Zr+2]([C]1=CC(c2ccco2)=CC1)[CH]1c2ccccc2-c2ccccc21.[Cl-].[Cl-]. The molecule has 1 nitrogen and oxygen atoms in total. The van der Waals surface area contributed by atoms with Crippen molar-refractivity contribution in [3.05, 3.63) is 99.2 Å². The first kappa shape index (κ1) is 22.2. The summed E-state index contributed by atoms with van der Waals surface area (Å²) in [6.07, 6.45) is 7.63. The van der Waals surface area contributed by atoms with Crippen molar-refractivity contribution in [3.8, 4) is 11.1 Å². The number of hydrogen-bond donors (Lipinski definition) is 0. The summed E-state index contributed by atoms with van der Waals surface area (Å²) in [5, 5.41) is 0. The van der Waals surface area contributed by atoms with Crippen LogP contribution >= 0.6 is 0 Å². The van der Waals surface area contributed by atoms with Gasteiger partial charge in [0.2, 0.25) is 0 Å². The number of allylic oxidation sites excluding steroid dienone is 4. The van der Waals surface area contributed by atoms with E-state index in [1.165, 1.54) is 16.7 Å². The Kier molecular flexibility index (Phi) is 6.99. The maximum Gasteiger partial charge on any atom is -1.00 e. The van der Waals surface area contributed by atoms with Crippen LogP contribution in [0.1, 0.15) is 40.8 Å². The Morgan fingerprint density at radius 2 is 1.48 bits per heavy atom. The molecule has 0 unspecified atom stereocenters. The van der Waals surface area contributed by atoms with E-state index in [9.17, 15) is 0 Å². The van der Waals surface area contributed by atoms with Crippen LogP contribution in [0, 0.1) is 0 Å². The van der Waals surface area contributed by atoms with E-state index < -0.39 is 21.3 Å². The summed E-state index contributed by atoms with van der Waals surface area (Å²) >= 11 is -2.07. The van der Waals surface area contributed by atoms with E-state index in [0.29, 0.717) is 3.63 Å². The molecule has 0 radical (unpaired) electrons. The molecule has 29 heavy (non-hydrogen) atoms. The Morgan fingerprint density at radius 1 is 0.862 bits per heavy atom. The van der Waals surface area contributed by atoms with E-state index in [0.717, 1.165) is 12.2 Å². The van der Waals surface area contributed by atoms with Crippen LogP contribution < -0.4 is 24.8 Å². The van der Waals surface area contributed by atoms with E-state index in [1.54, 1.807) is 23.9 Å².